The number of aromatic amines is 2. The first-order valence-electron chi connectivity index (χ1n) is 9.29. The maximum Gasteiger partial charge on any atom is 0.326 e. The highest BCUT2D eigenvalue weighted by Crippen LogP contribution is 2.30. The second-order valence-electron chi connectivity index (χ2n) is 7.09. The summed E-state index contributed by atoms with van der Waals surface area (Å²) >= 11 is 0. The second kappa shape index (κ2) is 7.34. The van der Waals surface area contributed by atoms with E-state index in [0.29, 0.717) is 24.3 Å². The van der Waals surface area contributed by atoms with Gasteiger partial charge in [-0.3, -0.25) is 19.3 Å². The summed E-state index contributed by atoms with van der Waals surface area (Å²) in [7, 11) is 0. The van der Waals surface area contributed by atoms with Gasteiger partial charge in [0.05, 0.1) is 28.6 Å². The van der Waals surface area contributed by atoms with Gasteiger partial charge in [-0.15, -0.1) is 0 Å². The summed E-state index contributed by atoms with van der Waals surface area (Å²) in [4.78, 5) is 41.1. The van der Waals surface area contributed by atoms with E-state index in [1.54, 1.807) is 11.1 Å². The standard InChI is InChI=1S/C19H22N6O3/c1-12(26)21-15-9-20-23-18(15)13-5-4-8-24(10-13)17(27)11-25-16-7-3-2-6-14(16)22-19(25)28/h2-3,6-7,9,13H,4-5,8,10-11H2,1H3,(H,20,23)(H,21,26)(H,22,28). The van der Waals surface area contributed by atoms with Gasteiger partial charge in [0.1, 0.15) is 6.54 Å². The van der Waals surface area contributed by atoms with Gasteiger partial charge in [0.15, 0.2) is 0 Å². The van der Waals surface area contributed by atoms with Crippen molar-refractivity contribution < 1.29 is 9.59 Å². The molecule has 1 atom stereocenters. The number of hydrogen-bond donors (Lipinski definition) is 3. The molecule has 2 amide bonds. The van der Waals surface area contributed by atoms with Crippen LogP contribution in [0.2, 0.25) is 0 Å². The average Bonchev–Trinajstić information content (AvgIpc) is 3.26. The van der Waals surface area contributed by atoms with E-state index in [1.807, 2.05) is 24.3 Å². The Morgan fingerprint density at radius 3 is 2.96 bits per heavy atom. The highest BCUT2D eigenvalue weighted by Gasteiger charge is 2.28. The van der Waals surface area contributed by atoms with Gasteiger partial charge in [0.25, 0.3) is 0 Å². The van der Waals surface area contributed by atoms with Crippen molar-refractivity contribution in [3.05, 3.63) is 46.6 Å². The van der Waals surface area contributed by atoms with Gasteiger partial charge < -0.3 is 15.2 Å². The molecular formula is C19H22N6O3. The molecule has 0 bridgehead atoms. The Morgan fingerprint density at radius 2 is 2.14 bits per heavy atom. The van der Waals surface area contributed by atoms with E-state index in [9.17, 15) is 14.4 Å². The van der Waals surface area contributed by atoms with E-state index < -0.39 is 0 Å². The third-order valence-corrected chi connectivity index (χ3v) is 5.14. The van der Waals surface area contributed by atoms with Gasteiger partial charge >= 0.3 is 5.69 Å². The molecule has 146 valence electrons. The lowest BCUT2D eigenvalue weighted by Crippen LogP contribution is -2.42. The molecule has 1 aliphatic heterocycles. The van der Waals surface area contributed by atoms with Crippen LogP contribution in [0.4, 0.5) is 5.69 Å². The summed E-state index contributed by atoms with van der Waals surface area (Å²) in [6.45, 7) is 2.62. The molecular weight excluding hydrogens is 360 g/mol. The lowest BCUT2D eigenvalue weighted by molar-refractivity contribution is -0.133. The first-order valence-corrected chi connectivity index (χ1v) is 9.29. The van der Waals surface area contributed by atoms with Crippen LogP contribution in [-0.4, -0.2) is 49.6 Å². The van der Waals surface area contributed by atoms with Gasteiger partial charge in [0, 0.05) is 25.9 Å². The van der Waals surface area contributed by atoms with Crippen LogP contribution in [0.25, 0.3) is 11.0 Å². The Balaban J connectivity index is 1.51. The fourth-order valence-electron chi connectivity index (χ4n) is 3.83. The maximum atomic E-state index is 12.9. The monoisotopic (exact) mass is 382 g/mol. The van der Waals surface area contributed by atoms with Crippen molar-refractivity contribution in [2.75, 3.05) is 18.4 Å². The van der Waals surface area contributed by atoms with Crippen molar-refractivity contribution in [2.24, 2.45) is 0 Å². The van der Waals surface area contributed by atoms with Crippen LogP contribution in [0.5, 0.6) is 0 Å². The van der Waals surface area contributed by atoms with Crippen LogP contribution in [0.15, 0.2) is 35.3 Å². The van der Waals surface area contributed by atoms with Crippen molar-refractivity contribution in [2.45, 2.75) is 32.2 Å². The second-order valence-corrected chi connectivity index (χ2v) is 7.09. The van der Waals surface area contributed by atoms with Crippen molar-refractivity contribution in [1.82, 2.24) is 24.6 Å². The lowest BCUT2D eigenvalue weighted by atomic mass is 9.94. The topological polar surface area (TPSA) is 116 Å². The molecule has 0 spiro atoms. The highest BCUT2D eigenvalue weighted by molar-refractivity contribution is 5.89. The quantitative estimate of drug-likeness (QED) is 0.633. The SMILES string of the molecule is CC(=O)Nc1cn[nH]c1C1CCCN(C(=O)Cn2c(=O)[nH]c3ccccc32)C1. The number of piperidine rings is 1. The van der Waals surface area contributed by atoms with Gasteiger partial charge in [-0.25, -0.2) is 4.79 Å². The number of carbonyl (C=O) groups excluding carboxylic acids is 2. The predicted octanol–water partition coefficient (Wildman–Crippen LogP) is 1.42. The molecule has 1 unspecified atom stereocenters. The van der Waals surface area contributed by atoms with Gasteiger partial charge in [0.2, 0.25) is 11.8 Å². The number of hydrogen-bond acceptors (Lipinski definition) is 4. The molecule has 9 heteroatoms. The molecule has 9 nitrogen and oxygen atoms in total. The number of benzene rings is 1. The molecule has 0 saturated carbocycles. The van der Waals surface area contributed by atoms with Crippen LogP contribution in [0.3, 0.4) is 0 Å². The summed E-state index contributed by atoms with van der Waals surface area (Å²) in [5.41, 5.74) is 2.63. The van der Waals surface area contributed by atoms with E-state index in [4.69, 9.17) is 0 Å². The zero-order valence-corrected chi connectivity index (χ0v) is 15.6. The van der Waals surface area contributed by atoms with E-state index in [1.165, 1.54) is 11.5 Å². The molecule has 4 rings (SSSR count). The first-order chi connectivity index (χ1) is 13.5. The number of H-pyrrole nitrogens is 2. The van der Waals surface area contributed by atoms with Gasteiger partial charge in [-0.1, -0.05) is 12.1 Å². The van der Waals surface area contributed by atoms with Crippen molar-refractivity contribution in [3.8, 4) is 0 Å². The van der Waals surface area contributed by atoms with E-state index in [2.05, 4.69) is 20.5 Å². The zero-order chi connectivity index (χ0) is 19.7. The Hall–Kier alpha value is -3.36. The maximum absolute atomic E-state index is 12.9. The third-order valence-electron chi connectivity index (χ3n) is 5.14. The van der Waals surface area contributed by atoms with E-state index in [-0.39, 0.29) is 30.0 Å². The molecule has 3 heterocycles. The number of nitrogens with one attached hydrogen (secondary N) is 3. The molecule has 1 saturated heterocycles. The molecule has 1 aliphatic rings. The summed E-state index contributed by atoms with van der Waals surface area (Å²) in [6, 6.07) is 7.33. The summed E-state index contributed by atoms with van der Waals surface area (Å²) < 4.78 is 1.47. The normalized spacial score (nSPS) is 17.0. The molecule has 1 aromatic carbocycles. The number of likely N-dealkylation sites (tertiary alicyclic amines) is 1. The van der Waals surface area contributed by atoms with Crippen LogP contribution in [0.1, 0.15) is 31.4 Å². The highest BCUT2D eigenvalue weighted by atomic mass is 16.2. The number of imidazole rings is 1. The zero-order valence-electron chi connectivity index (χ0n) is 15.6. The number of para-hydroxylation sites is 2. The molecule has 0 radical (unpaired) electrons. The molecule has 1 fully saturated rings. The number of carbonyl (C=O) groups is 2. The third kappa shape index (κ3) is 3.42. The Bertz CT molecular complexity index is 1080. The Labute approximate surface area is 160 Å². The van der Waals surface area contributed by atoms with E-state index >= 15 is 0 Å². The number of anilines is 1. The minimum Gasteiger partial charge on any atom is -0.340 e. The van der Waals surface area contributed by atoms with Crippen LogP contribution < -0.4 is 11.0 Å². The van der Waals surface area contributed by atoms with Crippen molar-refractivity contribution >= 4 is 28.5 Å². The van der Waals surface area contributed by atoms with Crippen molar-refractivity contribution in [3.63, 3.8) is 0 Å². The number of fused-ring (bicyclic) bond motifs is 1. The Morgan fingerprint density at radius 1 is 1.32 bits per heavy atom. The van der Waals surface area contributed by atoms with Crippen LogP contribution >= 0.6 is 0 Å². The smallest absolute Gasteiger partial charge is 0.326 e. The molecule has 3 N–H and O–H groups in total. The first kappa shape index (κ1) is 18.0. The van der Waals surface area contributed by atoms with Gasteiger partial charge in [-0.2, -0.15) is 5.10 Å². The summed E-state index contributed by atoms with van der Waals surface area (Å²) in [6.07, 6.45) is 3.33. The molecule has 0 aliphatic carbocycles. The summed E-state index contributed by atoms with van der Waals surface area (Å²) in [5.74, 6) is -0.205. The fraction of sp³-hybridized carbons (Fsp3) is 0.368. The molecule has 2 aromatic heterocycles. The fourth-order valence-corrected chi connectivity index (χ4v) is 3.83. The number of aromatic nitrogens is 4. The average molecular weight is 382 g/mol. The minimum absolute atomic E-state index is 0.00288. The Kier molecular flexibility index (Phi) is 4.72. The number of amides is 2. The van der Waals surface area contributed by atoms with Crippen LogP contribution in [-0.2, 0) is 16.1 Å². The predicted molar refractivity (Wildman–Crippen MR) is 104 cm³/mol. The summed E-state index contributed by atoms with van der Waals surface area (Å²) in [5, 5.41) is 9.76. The number of rotatable bonds is 4. The largest absolute Gasteiger partial charge is 0.340 e. The molecule has 28 heavy (non-hydrogen) atoms. The van der Waals surface area contributed by atoms with Crippen molar-refractivity contribution in [1.29, 1.82) is 0 Å². The minimum atomic E-state index is -0.287. The van der Waals surface area contributed by atoms with E-state index in [0.717, 1.165) is 24.1 Å². The lowest BCUT2D eigenvalue weighted by Gasteiger charge is -2.32. The number of nitrogens with zero attached hydrogens (tertiary/aromatic N) is 3. The van der Waals surface area contributed by atoms with Gasteiger partial charge in [-0.05, 0) is 25.0 Å². The van der Waals surface area contributed by atoms with Crippen LogP contribution in [0, 0.1) is 0 Å². The molecule has 3 aromatic rings.